The summed E-state index contributed by atoms with van der Waals surface area (Å²) in [6.07, 6.45) is 0. The van der Waals surface area contributed by atoms with Crippen LogP contribution in [0.2, 0.25) is 0 Å². The van der Waals surface area contributed by atoms with E-state index in [0.717, 1.165) is 96.8 Å². The zero-order valence-corrected chi connectivity index (χ0v) is 66.5. The molecule has 0 bridgehead atoms. The van der Waals surface area contributed by atoms with Gasteiger partial charge in [-0.25, -0.2) is 0 Å². The molecule has 1 aliphatic heterocycles. The van der Waals surface area contributed by atoms with Crippen LogP contribution in [-0.4, -0.2) is 18.3 Å². The van der Waals surface area contributed by atoms with E-state index in [1.54, 1.807) is 0 Å². The molecule has 23 rings (SSSR count). The Bertz CT molecular complexity index is 6820. The quantitative estimate of drug-likeness (QED) is 0.111. The highest BCUT2D eigenvalue weighted by Gasteiger charge is 2.55. The summed E-state index contributed by atoms with van der Waals surface area (Å²) < 4.78 is 55.9. The van der Waals surface area contributed by atoms with Crippen LogP contribution in [0.4, 0.5) is 0 Å². The van der Waals surface area contributed by atoms with Gasteiger partial charge in [-0.2, -0.15) is 0 Å². The monoisotopic (exact) mass is 1570 g/mol. The molecule has 2 aromatic heterocycles. The van der Waals surface area contributed by atoms with Gasteiger partial charge in [0, 0.05) is 57.8 Å². The van der Waals surface area contributed by atoms with Crippen LogP contribution in [-0.2, 0) is 29.3 Å². The number of halogens is 1. The lowest BCUT2D eigenvalue weighted by molar-refractivity contribution is 0.00578. The minimum atomic E-state index is -3.05. The predicted octanol–water partition coefficient (Wildman–Crippen LogP) is 23.6. The first-order chi connectivity index (χ1) is 55.7. The van der Waals surface area contributed by atoms with Crippen LogP contribution in [0, 0.1) is 0 Å². The topological polar surface area (TPSA) is 78.9 Å². The third-order valence-electron chi connectivity index (χ3n) is 25.0. The summed E-state index contributed by atoms with van der Waals surface area (Å²) in [5, 5.41) is 9.45. The lowest BCUT2D eigenvalue weighted by Gasteiger charge is -2.32. The summed E-state index contributed by atoms with van der Waals surface area (Å²) >= 11 is 3.43. The molecule has 0 atom stereocenters. The summed E-state index contributed by atoms with van der Waals surface area (Å²) in [5.74, 6) is 0. The van der Waals surface area contributed by atoms with E-state index < -0.39 is 38.0 Å². The molecule has 0 unspecified atom stereocenters. The molecule has 1 saturated heterocycles. The molecular weight excluding hydrogens is 1500 g/mol. The van der Waals surface area contributed by atoms with Gasteiger partial charge in [0.25, 0.3) is 0 Å². The number of benzene rings is 16. The Labute approximate surface area is 671 Å². The van der Waals surface area contributed by atoms with Gasteiger partial charge in [-0.15, -0.1) is 0 Å². The third kappa shape index (κ3) is 10.4. The second-order valence-electron chi connectivity index (χ2n) is 31.4. The molecule has 6 nitrogen and oxygen atoms in total. The SMILES string of the molecule is CC1(C)OB(c2ccc3oc4cc5c(cc4c3c2)-c2ccccc2C52c3ccccc3-c3ccccc32)OC1(C)C.O=P(c1ccccc1)(c1ccccc1)c1ccc(-c2ccc3oc4cc5c(cc4c3c2)-c2ccccc2C52c3ccccc3-c3ccccc32)cc1.O=P(c1ccccc1)(c1ccccc1)c1ccc(Br)cc1. The van der Waals surface area contributed by atoms with Crippen LogP contribution in [0.3, 0.4) is 0 Å². The number of furan rings is 2. The minimum Gasteiger partial charge on any atom is -0.456 e. The Morgan fingerprint density at radius 1 is 0.254 bits per heavy atom. The van der Waals surface area contributed by atoms with Crippen LogP contribution in [0.1, 0.15) is 72.2 Å². The lowest BCUT2D eigenvalue weighted by Crippen LogP contribution is -2.41. The Balaban J connectivity index is 0.000000117. The van der Waals surface area contributed by atoms with Gasteiger partial charge in [-0.05, 0) is 200 Å². The molecule has 2 spiro atoms. The van der Waals surface area contributed by atoms with Crippen molar-refractivity contribution in [2.75, 3.05) is 0 Å². The van der Waals surface area contributed by atoms with Crippen molar-refractivity contribution in [3.63, 3.8) is 0 Å². The minimum absolute atomic E-state index is 0.375. The molecule has 5 aliphatic rings. The summed E-state index contributed by atoms with van der Waals surface area (Å²) in [5.41, 5.74) is 26.0. The number of fused-ring (bicyclic) bond motifs is 26. The van der Waals surface area contributed by atoms with E-state index in [0.29, 0.717) is 0 Å². The van der Waals surface area contributed by atoms with Gasteiger partial charge < -0.3 is 27.3 Å². The highest BCUT2D eigenvalue weighted by atomic mass is 79.9. The van der Waals surface area contributed by atoms with E-state index in [1.807, 2.05) is 158 Å². The average Bonchev–Trinajstić information content (AvgIpc) is 1.51. The smallest absolute Gasteiger partial charge is 0.456 e. The van der Waals surface area contributed by atoms with Crippen molar-refractivity contribution in [1.29, 1.82) is 0 Å². The molecule has 18 aromatic rings. The average molecular weight is 1570 g/mol. The third-order valence-corrected chi connectivity index (χ3v) is 31.6. The van der Waals surface area contributed by atoms with Crippen LogP contribution >= 0.6 is 30.2 Å². The fraction of sp³-hybridized carbons (Fsp3) is 0.0769. The molecule has 1 fully saturated rings. The summed E-state index contributed by atoms with van der Waals surface area (Å²) in [7, 11) is -6.29. The number of hydrogen-bond donors (Lipinski definition) is 0. The van der Waals surface area contributed by atoms with Crippen molar-refractivity contribution in [3.8, 4) is 55.6 Å². The largest absolute Gasteiger partial charge is 0.494 e. The van der Waals surface area contributed by atoms with E-state index in [1.165, 1.54) is 89.0 Å². The molecule has 3 heterocycles. The molecule has 114 heavy (non-hydrogen) atoms. The van der Waals surface area contributed by atoms with Crippen molar-refractivity contribution in [1.82, 2.24) is 0 Å². The molecule has 0 amide bonds. The highest BCUT2D eigenvalue weighted by Crippen LogP contribution is 2.66. The van der Waals surface area contributed by atoms with Crippen molar-refractivity contribution in [3.05, 3.63) is 425 Å². The first-order valence-electron chi connectivity index (χ1n) is 38.9. The predicted molar refractivity (Wildman–Crippen MR) is 474 cm³/mol. The molecule has 0 radical (unpaired) electrons. The number of hydrogen-bond acceptors (Lipinski definition) is 6. The zero-order chi connectivity index (χ0) is 76.9. The van der Waals surface area contributed by atoms with Gasteiger partial charge in [0.1, 0.15) is 22.3 Å². The highest BCUT2D eigenvalue weighted by molar-refractivity contribution is 9.10. The standard InChI is InChI=1S/C49H31O2P.C37H29BO3.C18H14BrOP/c50-52(34-13-3-1-4-14-34,35-15-5-2-6-16-35)36-26-23-32(24-27-36)33-25-28-47-41(29-33)42-30-40-39-19-9-12-22-45(39)49(46(40)31-48(42)51-47)43-20-10-7-17-37(43)38-18-8-11-21-44(38)49;1-35(2)36(3,4)41-38(40-35)22-17-18-33-27(19-22)28-20-26-25-13-7-10-16-31(25)37(32(26)21-34(28)39-33)29-14-8-5-11-23(29)24-12-6-9-15-30(24)37;19-15-11-13-18(14-12-15)21(20,16-7-3-1-4-8-16)17-9-5-2-6-10-17/h1-31H;5-21H,1-4H3;1-14H. The van der Waals surface area contributed by atoms with Crippen molar-refractivity contribution >= 4 is 118 Å². The molecule has 0 saturated carbocycles. The Morgan fingerprint density at radius 3 is 0.895 bits per heavy atom. The molecular formula is C104H74BBrO6P2. The van der Waals surface area contributed by atoms with Crippen molar-refractivity contribution in [2.24, 2.45) is 0 Å². The fourth-order valence-corrected chi connectivity index (χ4v) is 24.6. The van der Waals surface area contributed by atoms with Crippen LogP contribution in [0.25, 0.3) is 99.5 Å². The van der Waals surface area contributed by atoms with E-state index in [-0.39, 0.29) is 5.41 Å². The van der Waals surface area contributed by atoms with Gasteiger partial charge in [0.15, 0.2) is 14.3 Å². The van der Waals surface area contributed by atoms with E-state index in [4.69, 9.17) is 18.1 Å². The maximum Gasteiger partial charge on any atom is 0.494 e. The van der Waals surface area contributed by atoms with Gasteiger partial charge in [0.2, 0.25) is 0 Å². The Kier molecular flexibility index (Phi) is 16.3. The first-order valence-corrected chi connectivity index (χ1v) is 43.1. The maximum atomic E-state index is 15.0. The normalized spacial score (nSPS) is 15.0. The summed E-state index contributed by atoms with van der Waals surface area (Å²) in [6, 6.07) is 131. The fourth-order valence-electron chi connectivity index (χ4n) is 19.0. The lowest BCUT2D eigenvalue weighted by atomic mass is 9.70. The Hall–Kier alpha value is -12.0. The van der Waals surface area contributed by atoms with Gasteiger partial charge in [-0.1, -0.05) is 325 Å². The molecule has 4 aliphatic carbocycles. The van der Waals surface area contributed by atoms with E-state index in [2.05, 4.69) is 262 Å². The maximum absolute atomic E-state index is 15.0. The van der Waals surface area contributed by atoms with Crippen molar-refractivity contribution in [2.45, 2.75) is 49.7 Å². The van der Waals surface area contributed by atoms with Crippen LogP contribution in [0.15, 0.2) is 389 Å². The Morgan fingerprint density at radius 2 is 0.535 bits per heavy atom. The van der Waals surface area contributed by atoms with E-state index >= 15 is 0 Å². The van der Waals surface area contributed by atoms with Crippen LogP contribution in [0.5, 0.6) is 0 Å². The van der Waals surface area contributed by atoms with Crippen LogP contribution < -0.4 is 37.3 Å². The zero-order valence-electron chi connectivity index (χ0n) is 63.1. The first kappa shape index (κ1) is 69.9. The summed E-state index contributed by atoms with van der Waals surface area (Å²) in [6.45, 7) is 8.37. The molecule has 16 aromatic carbocycles. The summed E-state index contributed by atoms with van der Waals surface area (Å²) in [4.78, 5) is 0. The van der Waals surface area contributed by atoms with Gasteiger partial charge >= 0.3 is 7.12 Å². The number of rotatable bonds is 8. The van der Waals surface area contributed by atoms with E-state index in [9.17, 15) is 9.13 Å². The second-order valence-corrected chi connectivity index (χ2v) is 37.9. The molecule has 0 N–H and O–H groups in total. The van der Waals surface area contributed by atoms with Gasteiger partial charge in [-0.3, -0.25) is 0 Å². The molecule has 10 heteroatoms. The van der Waals surface area contributed by atoms with Gasteiger partial charge in [0.05, 0.1) is 22.0 Å². The van der Waals surface area contributed by atoms with Crippen molar-refractivity contribution < 1.29 is 27.3 Å². The second kappa shape index (κ2) is 26.6. The molecule has 546 valence electrons.